The summed E-state index contributed by atoms with van der Waals surface area (Å²) in [6.45, 7) is 4.11. The van der Waals surface area contributed by atoms with Crippen molar-refractivity contribution in [2.75, 3.05) is 0 Å². The summed E-state index contributed by atoms with van der Waals surface area (Å²) in [4.78, 5) is 20.6. The van der Waals surface area contributed by atoms with Crippen LogP contribution in [0.2, 0.25) is 0 Å². The second-order valence-corrected chi connectivity index (χ2v) is 5.76. The predicted molar refractivity (Wildman–Crippen MR) is 81.2 cm³/mol. The van der Waals surface area contributed by atoms with Crippen molar-refractivity contribution < 1.29 is 4.79 Å². The number of aromatic nitrogens is 2. The van der Waals surface area contributed by atoms with Crippen LogP contribution in [0, 0.1) is 5.92 Å². The number of pyridine rings is 2. The lowest BCUT2D eigenvalue weighted by molar-refractivity contribution is 0.0924. The molecule has 5 heteroatoms. The molecule has 1 amide bonds. The molecule has 0 aromatic carbocycles. The van der Waals surface area contributed by atoms with E-state index in [2.05, 4.69) is 45.1 Å². The van der Waals surface area contributed by atoms with E-state index in [-0.39, 0.29) is 17.9 Å². The third-order valence-corrected chi connectivity index (χ3v) is 3.36. The largest absolute Gasteiger partial charge is 0.343 e. The Bertz CT molecular complexity index is 587. The smallest absolute Gasteiger partial charge is 0.253 e. The number of hydrogen-bond acceptors (Lipinski definition) is 3. The summed E-state index contributed by atoms with van der Waals surface area (Å²) >= 11 is 3.32. The van der Waals surface area contributed by atoms with E-state index in [0.29, 0.717) is 5.56 Å². The minimum Gasteiger partial charge on any atom is -0.343 e. The Morgan fingerprint density at radius 1 is 1.30 bits per heavy atom. The minimum absolute atomic E-state index is 0.123. The highest BCUT2D eigenvalue weighted by Crippen LogP contribution is 2.20. The van der Waals surface area contributed by atoms with Crippen LogP contribution < -0.4 is 5.32 Å². The molecule has 0 spiro atoms. The molecule has 0 bridgehead atoms. The molecule has 2 rings (SSSR count). The van der Waals surface area contributed by atoms with Crippen LogP contribution in [0.5, 0.6) is 0 Å². The van der Waals surface area contributed by atoms with Crippen LogP contribution in [0.3, 0.4) is 0 Å². The molecule has 0 saturated carbocycles. The predicted octanol–water partition coefficient (Wildman–Crippen LogP) is 3.37. The molecule has 20 heavy (non-hydrogen) atoms. The summed E-state index contributed by atoms with van der Waals surface area (Å²) in [6, 6.07) is 7.33. The highest BCUT2D eigenvalue weighted by Gasteiger charge is 2.20. The summed E-state index contributed by atoms with van der Waals surface area (Å²) in [6.07, 6.45) is 4.93. The van der Waals surface area contributed by atoms with Gasteiger partial charge in [-0.3, -0.25) is 14.8 Å². The molecule has 2 aromatic rings. The summed E-state index contributed by atoms with van der Waals surface area (Å²) in [5.74, 6) is 0.0946. The molecule has 0 aliphatic carbocycles. The van der Waals surface area contributed by atoms with Crippen LogP contribution in [-0.2, 0) is 0 Å². The number of carbonyl (C=O) groups excluding carboxylic acids is 1. The molecule has 1 N–H and O–H groups in total. The summed E-state index contributed by atoms with van der Waals surface area (Å²) in [5.41, 5.74) is 1.39. The second-order valence-electron chi connectivity index (χ2n) is 4.84. The van der Waals surface area contributed by atoms with Crippen LogP contribution in [0.4, 0.5) is 0 Å². The van der Waals surface area contributed by atoms with Gasteiger partial charge in [-0.15, -0.1) is 0 Å². The Hall–Kier alpha value is -1.75. The quantitative estimate of drug-likeness (QED) is 0.933. The van der Waals surface area contributed by atoms with Gasteiger partial charge in [-0.25, -0.2) is 0 Å². The summed E-state index contributed by atoms with van der Waals surface area (Å²) in [7, 11) is 0. The zero-order valence-corrected chi connectivity index (χ0v) is 13.0. The van der Waals surface area contributed by atoms with Crippen LogP contribution in [0.25, 0.3) is 0 Å². The van der Waals surface area contributed by atoms with Gasteiger partial charge in [-0.05, 0) is 40.0 Å². The Kier molecular flexibility index (Phi) is 4.84. The van der Waals surface area contributed by atoms with E-state index >= 15 is 0 Å². The molecule has 0 unspecified atom stereocenters. The van der Waals surface area contributed by atoms with Crippen LogP contribution in [-0.4, -0.2) is 15.9 Å². The molecule has 0 saturated heterocycles. The zero-order valence-electron chi connectivity index (χ0n) is 11.4. The minimum atomic E-state index is -0.150. The summed E-state index contributed by atoms with van der Waals surface area (Å²) in [5, 5.41) is 3.01. The van der Waals surface area contributed by atoms with Crippen molar-refractivity contribution >= 4 is 21.8 Å². The molecule has 4 nitrogen and oxygen atoms in total. The Morgan fingerprint density at radius 3 is 2.70 bits per heavy atom. The van der Waals surface area contributed by atoms with Crippen LogP contribution in [0.1, 0.15) is 35.9 Å². The molecular formula is C15H16BrN3O. The van der Waals surface area contributed by atoms with E-state index in [1.54, 1.807) is 24.7 Å². The van der Waals surface area contributed by atoms with Gasteiger partial charge in [0.15, 0.2) is 0 Å². The lowest BCUT2D eigenvalue weighted by Crippen LogP contribution is -2.32. The number of carbonyl (C=O) groups is 1. The van der Waals surface area contributed by atoms with Crippen molar-refractivity contribution in [2.45, 2.75) is 19.9 Å². The number of nitrogens with zero attached hydrogens (tertiary/aromatic N) is 2. The number of rotatable bonds is 4. The lowest BCUT2D eigenvalue weighted by atomic mass is 10.00. The van der Waals surface area contributed by atoms with Gasteiger partial charge >= 0.3 is 0 Å². The van der Waals surface area contributed by atoms with Gasteiger partial charge in [0.2, 0.25) is 0 Å². The van der Waals surface area contributed by atoms with Crippen molar-refractivity contribution in [1.82, 2.24) is 15.3 Å². The molecule has 0 radical (unpaired) electrons. The first-order valence-electron chi connectivity index (χ1n) is 6.40. The lowest BCUT2D eigenvalue weighted by Gasteiger charge is -2.21. The third kappa shape index (κ3) is 3.63. The summed E-state index contributed by atoms with van der Waals surface area (Å²) < 4.78 is 0.782. The van der Waals surface area contributed by atoms with E-state index in [4.69, 9.17) is 0 Å². The third-order valence-electron chi connectivity index (χ3n) is 2.93. The normalized spacial score (nSPS) is 12.2. The monoisotopic (exact) mass is 333 g/mol. The number of amides is 1. The average molecular weight is 334 g/mol. The zero-order chi connectivity index (χ0) is 14.5. The first-order chi connectivity index (χ1) is 9.58. The average Bonchev–Trinajstić information content (AvgIpc) is 2.45. The molecule has 2 aromatic heterocycles. The van der Waals surface area contributed by atoms with Gasteiger partial charge < -0.3 is 5.32 Å². The van der Waals surface area contributed by atoms with Crippen molar-refractivity contribution in [2.24, 2.45) is 5.92 Å². The Morgan fingerprint density at radius 2 is 2.10 bits per heavy atom. The molecule has 0 aliphatic heterocycles. The molecule has 0 aliphatic rings. The number of nitrogens with one attached hydrogen (secondary N) is 1. The van der Waals surface area contributed by atoms with Crippen molar-refractivity contribution in [3.05, 3.63) is 58.6 Å². The second kappa shape index (κ2) is 6.61. The standard InChI is InChI=1S/C15H16BrN3O/c1-10(2)14(13-5-3-4-6-18-13)19-15(20)11-7-12(16)9-17-8-11/h3-10,14H,1-2H3,(H,19,20)/t14-/m1/s1. The van der Waals surface area contributed by atoms with E-state index in [1.807, 2.05) is 18.2 Å². The number of halogens is 1. The van der Waals surface area contributed by atoms with Gasteiger partial charge in [0.05, 0.1) is 17.3 Å². The van der Waals surface area contributed by atoms with E-state index < -0.39 is 0 Å². The van der Waals surface area contributed by atoms with Gasteiger partial charge in [0, 0.05) is 23.1 Å². The van der Waals surface area contributed by atoms with Crippen molar-refractivity contribution in [3.8, 4) is 0 Å². The molecule has 104 valence electrons. The van der Waals surface area contributed by atoms with E-state index in [0.717, 1.165) is 10.2 Å². The Balaban J connectivity index is 2.19. The van der Waals surface area contributed by atoms with Crippen LogP contribution >= 0.6 is 15.9 Å². The molecular weight excluding hydrogens is 318 g/mol. The molecule has 2 heterocycles. The first kappa shape index (κ1) is 14.7. The maximum atomic E-state index is 12.3. The van der Waals surface area contributed by atoms with E-state index in [9.17, 15) is 4.79 Å². The maximum Gasteiger partial charge on any atom is 0.253 e. The van der Waals surface area contributed by atoms with Gasteiger partial charge in [0.25, 0.3) is 5.91 Å². The fourth-order valence-electron chi connectivity index (χ4n) is 1.90. The van der Waals surface area contributed by atoms with Crippen LogP contribution in [0.15, 0.2) is 47.3 Å². The van der Waals surface area contributed by atoms with Crippen molar-refractivity contribution in [3.63, 3.8) is 0 Å². The Labute approximate surface area is 126 Å². The fourth-order valence-corrected chi connectivity index (χ4v) is 2.27. The highest BCUT2D eigenvalue weighted by atomic mass is 79.9. The molecule has 0 fully saturated rings. The maximum absolute atomic E-state index is 12.3. The van der Waals surface area contributed by atoms with Crippen molar-refractivity contribution in [1.29, 1.82) is 0 Å². The highest BCUT2D eigenvalue weighted by molar-refractivity contribution is 9.10. The van der Waals surface area contributed by atoms with Gasteiger partial charge in [-0.2, -0.15) is 0 Å². The van der Waals surface area contributed by atoms with Gasteiger partial charge in [-0.1, -0.05) is 19.9 Å². The fraction of sp³-hybridized carbons (Fsp3) is 0.267. The SMILES string of the molecule is CC(C)[C@@H](NC(=O)c1cncc(Br)c1)c1ccccn1. The topological polar surface area (TPSA) is 54.9 Å². The molecule has 1 atom stereocenters. The van der Waals surface area contributed by atoms with E-state index in [1.165, 1.54) is 0 Å². The van der Waals surface area contributed by atoms with Gasteiger partial charge in [0.1, 0.15) is 0 Å². The first-order valence-corrected chi connectivity index (χ1v) is 7.19. The number of hydrogen-bond donors (Lipinski definition) is 1.